The first-order chi connectivity index (χ1) is 13.1. The molecule has 1 aliphatic heterocycles. The van der Waals surface area contributed by atoms with Crippen LogP contribution in [0.15, 0.2) is 58.4 Å². The van der Waals surface area contributed by atoms with Crippen molar-refractivity contribution in [1.29, 1.82) is 0 Å². The average molecular weight is 381 g/mol. The molecule has 0 N–H and O–H groups in total. The highest BCUT2D eigenvalue weighted by Gasteiger charge is 2.32. The van der Waals surface area contributed by atoms with Crippen LogP contribution in [0.5, 0.6) is 5.75 Å². The van der Waals surface area contributed by atoms with E-state index in [4.69, 9.17) is 9.73 Å². The number of nitrogens with zero attached hydrogens (tertiary/aromatic N) is 2. The molecule has 2 aromatic carbocycles. The normalized spacial score (nSPS) is 17.1. The summed E-state index contributed by atoms with van der Waals surface area (Å²) in [6, 6.07) is 15.8. The number of ether oxygens (including phenoxy) is 1. The van der Waals surface area contributed by atoms with Crippen LogP contribution >= 0.6 is 11.8 Å². The van der Waals surface area contributed by atoms with E-state index in [1.54, 1.807) is 4.90 Å². The number of carbonyl (C=O) groups is 1. The van der Waals surface area contributed by atoms with Gasteiger partial charge in [0.1, 0.15) is 5.75 Å². The molecule has 1 heterocycles. The maximum atomic E-state index is 12.9. The highest BCUT2D eigenvalue weighted by Crippen LogP contribution is 2.34. The second kappa shape index (κ2) is 8.91. The predicted molar refractivity (Wildman–Crippen MR) is 113 cm³/mol. The molecule has 0 saturated carbocycles. The Balaban J connectivity index is 1.86. The minimum atomic E-state index is 0.0154. The van der Waals surface area contributed by atoms with Crippen LogP contribution in [0.1, 0.15) is 31.4 Å². The van der Waals surface area contributed by atoms with Crippen LogP contribution in [-0.2, 0) is 4.79 Å². The van der Waals surface area contributed by atoms with Crippen molar-refractivity contribution in [2.75, 3.05) is 13.2 Å². The maximum absolute atomic E-state index is 12.9. The molecule has 0 atom stereocenters. The molecular formula is C22H24N2O2S. The Bertz CT molecular complexity index is 855. The Morgan fingerprint density at radius 3 is 2.41 bits per heavy atom. The van der Waals surface area contributed by atoms with Gasteiger partial charge in [-0.05, 0) is 67.9 Å². The molecule has 2 aromatic rings. The predicted octanol–water partition coefficient (Wildman–Crippen LogP) is 5.41. The summed E-state index contributed by atoms with van der Waals surface area (Å²) in [5.41, 5.74) is 3.03. The quantitative estimate of drug-likeness (QED) is 0.630. The minimum absolute atomic E-state index is 0.0154. The van der Waals surface area contributed by atoms with Crippen molar-refractivity contribution < 1.29 is 9.53 Å². The molecule has 0 spiro atoms. The highest BCUT2D eigenvalue weighted by molar-refractivity contribution is 8.18. The van der Waals surface area contributed by atoms with Gasteiger partial charge in [0, 0.05) is 6.54 Å². The van der Waals surface area contributed by atoms with E-state index in [0.29, 0.717) is 18.1 Å². The molecule has 1 aliphatic rings. The topological polar surface area (TPSA) is 41.9 Å². The number of rotatable bonds is 6. The average Bonchev–Trinajstić information content (AvgIpc) is 2.95. The summed E-state index contributed by atoms with van der Waals surface area (Å²) in [4.78, 5) is 20.0. The first-order valence-corrected chi connectivity index (χ1v) is 10.0. The molecule has 0 bridgehead atoms. The van der Waals surface area contributed by atoms with Crippen molar-refractivity contribution in [3.8, 4) is 5.75 Å². The van der Waals surface area contributed by atoms with Gasteiger partial charge in [-0.15, -0.1) is 0 Å². The molecule has 1 saturated heterocycles. The van der Waals surface area contributed by atoms with E-state index in [0.717, 1.165) is 28.6 Å². The Kier molecular flexibility index (Phi) is 6.35. The molecule has 0 unspecified atom stereocenters. The third-order valence-electron chi connectivity index (χ3n) is 4.08. The van der Waals surface area contributed by atoms with Gasteiger partial charge >= 0.3 is 0 Å². The lowest BCUT2D eigenvalue weighted by atomic mass is 10.2. The number of hydrogen-bond donors (Lipinski definition) is 0. The van der Waals surface area contributed by atoms with Gasteiger partial charge in [0.05, 0.1) is 17.2 Å². The number of hydrogen-bond acceptors (Lipinski definition) is 4. The molecule has 0 radical (unpaired) electrons. The molecule has 1 fully saturated rings. The van der Waals surface area contributed by atoms with E-state index in [9.17, 15) is 4.79 Å². The van der Waals surface area contributed by atoms with Crippen LogP contribution in [-0.4, -0.2) is 29.1 Å². The van der Waals surface area contributed by atoms with E-state index in [1.807, 2.05) is 68.5 Å². The standard InChI is InChI=1S/C22H24N2O2S/c1-4-14-24-21(25)20(15-17-8-12-19(13-9-17)26-5-2)27-22(24)23-18-10-6-16(3)7-11-18/h6-13,15H,4-5,14H2,1-3H3/b20-15+,23-22?. The molecule has 1 amide bonds. The van der Waals surface area contributed by atoms with E-state index in [2.05, 4.69) is 6.92 Å². The van der Waals surface area contributed by atoms with Crippen LogP contribution < -0.4 is 4.74 Å². The lowest BCUT2D eigenvalue weighted by Crippen LogP contribution is -2.29. The largest absolute Gasteiger partial charge is 0.494 e. The number of thioether (sulfide) groups is 1. The molecule has 5 heteroatoms. The summed E-state index contributed by atoms with van der Waals surface area (Å²) in [6.07, 6.45) is 2.80. The van der Waals surface area contributed by atoms with E-state index >= 15 is 0 Å². The lowest BCUT2D eigenvalue weighted by Gasteiger charge is -2.13. The molecule has 4 nitrogen and oxygen atoms in total. The van der Waals surface area contributed by atoms with Gasteiger partial charge in [0.25, 0.3) is 5.91 Å². The molecular weight excluding hydrogens is 356 g/mol. The van der Waals surface area contributed by atoms with Crippen molar-refractivity contribution in [3.63, 3.8) is 0 Å². The number of aliphatic imine (C=N–C) groups is 1. The Morgan fingerprint density at radius 2 is 1.78 bits per heavy atom. The minimum Gasteiger partial charge on any atom is -0.494 e. The third kappa shape index (κ3) is 4.80. The number of carbonyl (C=O) groups excluding carboxylic acids is 1. The number of benzene rings is 2. The summed E-state index contributed by atoms with van der Waals surface area (Å²) >= 11 is 1.43. The van der Waals surface area contributed by atoms with E-state index < -0.39 is 0 Å². The second-order valence-electron chi connectivity index (χ2n) is 6.30. The monoisotopic (exact) mass is 380 g/mol. The fraction of sp³-hybridized carbons (Fsp3) is 0.273. The highest BCUT2D eigenvalue weighted by atomic mass is 32.2. The smallest absolute Gasteiger partial charge is 0.266 e. The Hall–Kier alpha value is -2.53. The number of amides is 1. The van der Waals surface area contributed by atoms with E-state index in [-0.39, 0.29) is 5.91 Å². The van der Waals surface area contributed by atoms with Crippen molar-refractivity contribution in [3.05, 3.63) is 64.6 Å². The van der Waals surface area contributed by atoms with Gasteiger partial charge in [-0.3, -0.25) is 9.69 Å². The second-order valence-corrected chi connectivity index (χ2v) is 7.31. The van der Waals surface area contributed by atoms with Gasteiger partial charge < -0.3 is 4.74 Å². The summed E-state index contributed by atoms with van der Waals surface area (Å²) in [7, 11) is 0. The Morgan fingerprint density at radius 1 is 1.07 bits per heavy atom. The molecule has 0 aliphatic carbocycles. The summed E-state index contributed by atoms with van der Waals surface area (Å²) in [5.74, 6) is 0.848. The molecule has 0 aromatic heterocycles. The summed E-state index contributed by atoms with van der Waals surface area (Å²) in [6.45, 7) is 7.37. The van der Waals surface area contributed by atoms with Gasteiger partial charge in [-0.1, -0.05) is 36.8 Å². The van der Waals surface area contributed by atoms with E-state index in [1.165, 1.54) is 17.3 Å². The van der Waals surface area contributed by atoms with Gasteiger partial charge in [-0.2, -0.15) is 0 Å². The third-order valence-corrected chi connectivity index (χ3v) is 5.09. The fourth-order valence-corrected chi connectivity index (χ4v) is 3.74. The summed E-state index contributed by atoms with van der Waals surface area (Å²) in [5, 5.41) is 0.739. The van der Waals surface area contributed by atoms with Crippen LogP contribution in [0.25, 0.3) is 6.08 Å². The summed E-state index contributed by atoms with van der Waals surface area (Å²) < 4.78 is 5.47. The van der Waals surface area contributed by atoms with Crippen LogP contribution in [0.2, 0.25) is 0 Å². The van der Waals surface area contributed by atoms with Crippen molar-refractivity contribution in [1.82, 2.24) is 4.90 Å². The molecule has 140 valence electrons. The molecule has 27 heavy (non-hydrogen) atoms. The lowest BCUT2D eigenvalue weighted by molar-refractivity contribution is -0.122. The van der Waals surface area contributed by atoms with Gasteiger partial charge in [0.15, 0.2) is 5.17 Å². The Labute approximate surface area is 164 Å². The first kappa shape index (κ1) is 19.2. The molecule has 3 rings (SSSR count). The van der Waals surface area contributed by atoms with Crippen molar-refractivity contribution in [2.24, 2.45) is 4.99 Å². The zero-order chi connectivity index (χ0) is 19.2. The zero-order valence-corrected chi connectivity index (χ0v) is 16.8. The van der Waals surface area contributed by atoms with Crippen LogP contribution in [0, 0.1) is 6.92 Å². The van der Waals surface area contributed by atoms with Gasteiger partial charge in [0.2, 0.25) is 0 Å². The number of aryl methyl sites for hydroxylation is 1. The fourth-order valence-electron chi connectivity index (χ4n) is 2.72. The van der Waals surface area contributed by atoms with Crippen molar-refractivity contribution in [2.45, 2.75) is 27.2 Å². The van der Waals surface area contributed by atoms with Crippen LogP contribution in [0.3, 0.4) is 0 Å². The maximum Gasteiger partial charge on any atom is 0.266 e. The van der Waals surface area contributed by atoms with Gasteiger partial charge in [-0.25, -0.2) is 4.99 Å². The number of amidine groups is 1. The first-order valence-electron chi connectivity index (χ1n) is 9.20. The van der Waals surface area contributed by atoms with Crippen LogP contribution in [0.4, 0.5) is 5.69 Å². The SMILES string of the molecule is CCCN1C(=O)/C(=C\c2ccc(OCC)cc2)SC1=Nc1ccc(C)cc1. The zero-order valence-electron chi connectivity index (χ0n) is 15.9. The van der Waals surface area contributed by atoms with Crippen molar-refractivity contribution >= 4 is 34.6 Å².